The third kappa shape index (κ3) is 3.92. The molecule has 1 aliphatic rings. The fraction of sp³-hybridized carbons (Fsp3) is 0.389. The van der Waals surface area contributed by atoms with E-state index in [0.29, 0.717) is 25.0 Å². The van der Waals surface area contributed by atoms with Crippen molar-refractivity contribution < 1.29 is 9.53 Å². The van der Waals surface area contributed by atoms with E-state index in [4.69, 9.17) is 10.5 Å². The molecule has 1 saturated heterocycles. The van der Waals surface area contributed by atoms with E-state index < -0.39 is 5.91 Å². The van der Waals surface area contributed by atoms with Gasteiger partial charge in [-0.25, -0.2) is 4.98 Å². The predicted molar refractivity (Wildman–Crippen MR) is 101 cm³/mol. The molecule has 1 amide bonds. The molecule has 0 aliphatic carbocycles. The standard InChI is InChI=1S/C18H24N6O2/c1-20-14-11-26-9-8-15(14)24(2)18-21-10-13(16(19)25)17(23-18)22-12-6-4-3-5-7-12/h3-7,10,14-15,20H,8-9,11H2,1-2H3,(H2,19,25)(H,21,22,23). The van der Waals surface area contributed by atoms with Crippen LogP contribution in [0.25, 0.3) is 0 Å². The number of nitrogens with one attached hydrogen (secondary N) is 2. The molecule has 1 fully saturated rings. The summed E-state index contributed by atoms with van der Waals surface area (Å²) in [7, 11) is 3.87. The fourth-order valence-electron chi connectivity index (χ4n) is 3.09. The van der Waals surface area contributed by atoms with Crippen LogP contribution in [-0.2, 0) is 4.74 Å². The van der Waals surface area contributed by atoms with E-state index in [0.717, 1.165) is 12.1 Å². The van der Waals surface area contributed by atoms with Crippen molar-refractivity contribution in [3.05, 3.63) is 42.1 Å². The Hall–Kier alpha value is -2.71. The van der Waals surface area contributed by atoms with E-state index in [1.807, 2.05) is 49.3 Å². The van der Waals surface area contributed by atoms with Crippen LogP contribution in [0.15, 0.2) is 36.5 Å². The lowest BCUT2D eigenvalue weighted by atomic mass is 10.0. The first-order valence-corrected chi connectivity index (χ1v) is 8.57. The molecule has 1 aromatic heterocycles. The molecule has 1 aliphatic heterocycles. The highest BCUT2D eigenvalue weighted by Crippen LogP contribution is 2.23. The number of anilines is 3. The Morgan fingerprint density at radius 3 is 2.81 bits per heavy atom. The van der Waals surface area contributed by atoms with E-state index in [-0.39, 0.29) is 17.6 Å². The van der Waals surface area contributed by atoms with Crippen LogP contribution >= 0.6 is 0 Å². The third-order valence-corrected chi connectivity index (χ3v) is 4.58. The predicted octanol–water partition coefficient (Wildman–Crippen LogP) is 1.13. The molecular weight excluding hydrogens is 332 g/mol. The second-order valence-corrected chi connectivity index (χ2v) is 6.22. The number of hydrogen-bond donors (Lipinski definition) is 3. The lowest BCUT2D eigenvalue weighted by Gasteiger charge is -2.37. The van der Waals surface area contributed by atoms with Crippen molar-refractivity contribution >= 4 is 23.4 Å². The van der Waals surface area contributed by atoms with Gasteiger partial charge in [-0.05, 0) is 25.6 Å². The second-order valence-electron chi connectivity index (χ2n) is 6.22. The van der Waals surface area contributed by atoms with Crippen LogP contribution in [0.4, 0.5) is 17.5 Å². The number of hydrogen-bond acceptors (Lipinski definition) is 7. The Labute approximate surface area is 152 Å². The Kier molecular flexibility index (Phi) is 5.65. The summed E-state index contributed by atoms with van der Waals surface area (Å²) in [4.78, 5) is 22.7. The smallest absolute Gasteiger partial charge is 0.254 e. The largest absolute Gasteiger partial charge is 0.380 e. The van der Waals surface area contributed by atoms with Crippen molar-refractivity contribution in [2.75, 3.05) is 37.5 Å². The number of para-hydroxylation sites is 1. The SMILES string of the molecule is CNC1COCCC1N(C)c1ncc(C(N)=O)c(Nc2ccccc2)n1. The highest BCUT2D eigenvalue weighted by molar-refractivity contribution is 5.98. The van der Waals surface area contributed by atoms with E-state index >= 15 is 0 Å². The highest BCUT2D eigenvalue weighted by Gasteiger charge is 2.29. The van der Waals surface area contributed by atoms with Crippen molar-refractivity contribution in [1.82, 2.24) is 15.3 Å². The van der Waals surface area contributed by atoms with Gasteiger partial charge in [0.1, 0.15) is 11.4 Å². The summed E-state index contributed by atoms with van der Waals surface area (Å²) in [6.45, 7) is 1.33. The average molecular weight is 356 g/mol. The van der Waals surface area contributed by atoms with E-state index in [1.54, 1.807) is 0 Å². The molecule has 8 nitrogen and oxygen atoms in total. The Bertz CT molecular complexity index is 755. The molecule has 2 aromatic rings. The van der Waals surface area contributed by atoms with Gasteiger partial charge in [-0.3, -0.25) is 4.79 Å². The summed E-state index contributed by atoms with van der Waals surface area (Å²) < 4.78 is 5.54. The molecule has 0 bridgehead atoms. The Balaban J connectivity index is 1.90. The Morgan fingerprint density at radius 1 is 1.35 bits per heavy atom. The number of ether oxygens (including phenoxy) is 1. The number of primary amides is 1. The van der Waals surface area contributed by atoms with Gasteiger partial charge in [0, 0.05) is 25.5 Å². The van der Waals surface area contributed by atoms with Crippen molar-refractivity contribution in [3.63, 3.8) is 0 Å². The Morgan fingerprint density at radius 2 is 2.12 bits per heavy atom. The van der Waals surface area contributed by atoms with Crippen molar-refractivity contribution in [2.45, 2.75) is 18.5 Å². The molecular formula is C18H24N6O2. The van der Waals surface area contributed by atoms with Crippen LogP contribution in [0.2, 0.25) is 0 Å². The molecule has 2 unspecified atom stereocenters. The van der Waals surface area contributed by atoms with Gasteiger partial charge in [-0.1, -0.05) is 18.2 Å². The minimum Gasteiger partial charge on any atom is -0.380 e. The molecule has 0 spiro atoms. The van der Waals surface area contributed by atoms with Crippen molar-refractivity contribution in [3.8, 4) is 0 Å². The number of carbonyl (C=O) groups excluding carboxylic acids is 1. The number of rotatable bonds is 6. The summed E-state index contributed by atoms with van der Waals surface area (Å²) >= 11 is 0. The fourth-order valence-corrected chi connectivity index (χ4v) is 3.09. The van der Waals surface area contributed by atoms with Crippen LogP contribution in [0.1, 0.15) is 16.8 Å². The first-order valence-electron chi connectivity index (χ1n) is 8.57. The number of nitrogens with zero attached hydrogens (tertiary/aromatic N) is 3. The van der Waals surface area contributed by atoms with Gasteiger partial charge in [-0.15, -0.1) is 0 Å². The quantitative estimate of drug-likeness (QED) is 0.712. The van der Waals surface area contributed by atoms with Crippen LogP contribution in [-0.4, -0.2) is 55.3 Å². The monoisotopic (exact) mass is 356 g/mol. The molecule has 0 radical (unpaired) electrons. The van der Waals surface area contributed by atoms with E-state index in [1.165, 1.54) is 6.20 Å². The second kappa shape index (κ2) is 8.11. The molecule has 26 heavy (non-hydrogen) atoms. The van der Waals surface area contributed by atoms with Crippen molar-refractivity contribution in [1.29, 1.82) is 0 Å². The number of nitrogens with two attached hydrogens (primary N) is 1. The summed E-state index contributed by atoms with van der Waals surface area (Å²) in [5, 5.41) is 6.44. The minimum atomic E-state index is -0.572. The van der Waals surface area contributed by atoms with E-state index in [2.05, 4.69) is 20.6 Å². The molecule has 2 atom stereocenters. The summed E-state index contributed by atoms with van der Waals surface area (Å²) in [5.74, 6) is 0.353. The molecule has 138 valence electrons. The zero-order chi connectivity index (χ0) is 18.5. The van der Waals surface area contributed by atoms with Gasteiger partial charge in [0.25, 0.3) is 5.91 Å². The summed E-state index contributed by atoms with van der Waals surface area (Å²) in [6.07, 6.45) is 2.34. The average Bonchev–Trinajstić information content (AvgIpc) is 2.68. The maximum absolute atomic E-state index is 11.8. The third-order valence-electron chi connectivity index (χ3n) is 4.58. The van der Waals surface area contributed by atoms with Gasteiger partial charge in [-0.2, -0.15) is 4.98 Å². The first kappa shape index (κ1) is 18.1. The number of carbonyl (C=O) groups is 1. The van der Waals surface area contributed by atoms with Crippen LogP contribution < -0.4 is 21.3 Å². The molecule has 1 aromatic carbocycles. The first-order chi connectivity index (χ1) is 12.6. The number of likely N-dealkylation sites (N-methyl/N-ethyl adjacent to an activating group) is 2. The van der Waals surface area contributed by atoms with E-state index in [9.17, 15) is 4.79 Å². The van der Waals surface area contributed by atoms with Gasteiger partial charge in [0.2, 0.25) is 5.95 Å². The maximum atomic E-state index is 11.8. The van der Waals surface area contributed by atoms with Gasteiger partial charge < -0.3 is 26.0 Å². The normalized spacial score (nSPS) is 19.8. The zero-order valence-corrected chi connectivity index (χ0v) is 15.0. The molecule has 0 saturated carbocycles. The van der Waals surface area contributed by atoms with Crippen LogP contribution in [0.3, 0.4) is 0 Å². The van der Waals surface area contributed by atoms with Crippen LogP contribution in [0.5, 0.6) is 0 Å². The molecule has 3 rings (SSSR count). The van der Waals surface area contributed by atoms with Gasteiger partial charge in [0.05, 0.1) is 18.7 Å². The van der Waals surface area contributed by atoms with Crippen LogP contribution in [0, 0.1) is 0 Å². The molecule has 2 heterocycles. The number of benzene rings is 1. The summed E-state index contributed by atoms with van der Waals surface area (Å²) in [6, 6.07) is 9.89. The maximum Gasteiger partial charge on any atom is 0.254 e. The topological polar surface area (TPSA) is 105 Å². The van der Waals surface area contributed by atoms with Gasteiger partial charge >= 0.3 is 0 Å². The summed E-state index contributed by atoms with van der Waals surface area (Å²) in [5.41, 5.74) is 6.56. The zero-order valence-electron chi connectivity index (χ0n) is 15.0. The number of aromatic nitrogens is 2. The van der Waals surface area contributed by atoms with Gasteiger partial charge in [0.15, 0.2) is 0 Å². The molecule has 4 N–H and O–H groups in total. The highest BCUT2D eigenvalue weighted by atomic mass is 16.5. The van der Waals surface area contributed by atoms with Crippen molar-refractivity contribution in [2.24, 2.45) is 5.73 Å². The number of amides is 1. The minimum absolute atomic E-state index is 0.179. The lowest BCUT2D eigenvalue weighted by molar-refractivity contribution is 0.0600. The lowest BCUT2D eigenvalue weighted by Crippen LogP contribution is -2.53. The molecule has 8 heteroatoms.